The smallest absolute Gasteiger partial charge is 0.233 e. The molecule has 0 heterocycles. The van der Waals surface area contributed by atoms with Gasteiger partial charge in [-0.25, -0.2) is 0 Å². The molecule has 132 valence electrons. The summed E-state index contributed by atoms with van der Waals surface area (Å²) < 4.78 is 10.7. The number of carbonyl (C=O) groups excluding carboxylic acids is 1. The summed E-state index contributed by atoms with van der Waals surface area (Å²) >= 11 is 5.97. The summed E-state index contributed by atoms with van der Waals surface area (Å²) in [7, 11) is 5.07. The largest absolute Gasteiger partial charge is 0.497 e. The fourth-order valence-corrected chi connectivity index (χ4v) is 3.32. The quantitative estimate of drug-likeness (QED) is 0.781. The molecule has 1 aliphatic carbocycles. The second kappa shape index (κ2) is 6.96. The van der Waals surface area contributed by atoms with E-state index in [0.717, 1.165) is 35.5 Å². The molecule has 5 heteroatoms. The van der Waals surface area contributed by atoms with Crippen molar-refractivity contribution >= 4 is 17.5 Å². The molecule has 0 aliphatic heterocycles. The number of rotatable bonds is 6. The van der Waals surface area contributed by atoms with E-state index >= 15 is 0 Å². The molecule has 1 fully saturated rings. The van der Waals surface area contributed by atoms with Gasteiger partial charge in [-0.1, -0.05) is 23.7 Å². The molecule has 0 saturated heterocycles. The summed E-state index contributed by atoms with van der Waals surface area (Å²) in [6.07, 6.45) is 1.75. The van der Waals surface area contributed by atoms with Gasteiger partial charge in [-0.15, -0.1) is 0 Å². The summed E-state index contributed by atoms with van der Waals surface area (Å²) in [4.78, 5) is 14.8. The number of benzene rings is 2. The zero-order chi connectivity index (χ0) is 18.0. The topological polar surface area (TPSA) is 38.8 Å². The van der Waals surface area contributed by atoms with E-state index in [1.165, 1.54) is 0 Å². The first-order chi connectivity index (χ1) is 12.0. The number of hydrogen-bond donors (Lipinski definition) is 0. The normalized spacial score (nSPS) is 14.7. The van der Waals surface area contributed by atoms with Gasteiger partial charge in [0.05, 0.1) is 19.6 Å². The first-order valence-electron chi connectivity index (χ1n) is 8.22. The Balaban J connectivity index is 1.78. The Labute approximate surface area is 153 Å². The van der Waals surface area contributed by atoms with Crippen molar-refractivity contribution in [2.45, 2.75) is 24.8 Å². The second-order valence-electron chi connectivity index (χ2n) is 6.43. The van der Waals surface area contributed by atoms with Crippen LogP contribution < -0.4 is 9.47 Å². The number of methoxy groups -OCH3 is 2. The Morgan fingerprint density at radius 3 is 2.36 bits per heavy atom. The van der Waals surface area contributed by atoms with Gasteiger partial charge in [-0.3, -0.25) is 4.79 Å². The van der Waals surface area contributed by atoms with Gasteiger partial charge in [0.2, 0.25) is 5.91 Å². The van der Waals surface area contributed by atoms with Crippen LogP contribution in [0.3, 0.4) is 0 Å². The molecule has 0 unspecified atom stereocenters. The van der Waals surface area contributed by atoms with Crippen molar-refractivity contribution < 1.29 is 14.3 Å². The molecule has 1 saturated carbocycles. The van der Waals surface area contributed by atoms with Crippen LogP contribution in [-0.4, -0.2) is 32.1 Å². The lowest BCUT2D eigenvalue weighted by molar-refractivity contribution is -0.133. The predicted octanol–water partition coefficient (Wildman–Crippen LogP) is 4.05. The molecule has 2 aromatic carbocycles. The molecule has 2 aromatic rings. The molecular formula is C20H22ClNO3. The lowest BCUT2D eigenvalue weighted by Crippen LogP contribution is -2.36. The van der Waals surface area contributed by atoms with E-state index in [9.17, 15) is 4.79 Å². The SMILES string of the molecule is COc1ccc(CN(C)C(=O)C2(c3ccc(Cl)cc3)CC2)c(OC)c1. The van der Waals surface area contributed by atoms with Gasteiger partial charge in [0, 0.05) is 30.2 Å². The zero-order valence-corrected chi connectivity index (χ0v) is 15.5. The highest BCUT2D eigenvalue weighted by Gasteiger charge is 2.52. The molecule has 25 heavy (non-hydrogen) atoms. The maximum atomic E-state index is 13.1. The fraction of sp³-hybridized carbons (Fsp3) is 0.350. The van der Waals surface area contributed by atoms with Gasteiger partial charge >= 0.3 is 0 Å². The number of halogens is 1. The number of nitrogens with zero attached hydrogens (tertiary/aromatic N) is 1. The van der Waals surface area contributed by atoms with Crippen LogP contribution in [0, 0.1) is 0 Å². The van der Waals surface area contributed by atoms with Crippen molar-refractivity contribution in [2.24, 2.45) is 0 Å². The van der Waals surface area contributed by atoms with Crippen molar-refractivity contribution in [2.75, 3.05) is 21.3 Å². The first-order valence-corrected chi connectivity index (χ1v) is 8.60. The molecule has 0 atom stereocenters. The molecule has 4 nitrogen and oxygen atoms in total. The minimum atomic E-state index is -0.404. The average Bonchev–Trinajstić information content (AvgIpc) is 3.43. The van der Waals surface area contributed by atoms with E-state index in [-0.39, 0.29) is 5.91 Å². The van der Waals surface area contributed by atoms with Crippen molar-refractivity contribution in [1.82, 2.24) is 4.90 Å². The van der Waals surface area contributed by atoms with Gasteiger partial charge in [0.15, 0.2) is 0 Å². The van der Waals surface area contributed by atoms with Crippen molar-refractivity contribution in [3.63, 3.8) is 0 Å². The zero-order valence-electron chi connectivity index (χ0n) is 14.7. The van der Waals surface area contributed by atoms with Gasteiger partial charge in [0.1, 0.15) is 11.5 Å². The number of likely N-dealkylation sites (N-methyl/N-ethyl adjacent to an activating group) is 1. The molecule has 3 rings (SSSR count). The van der Waals surface area contributed by atoms with E-state index in [1.807, 2.05) is 49.5 Å². The van der Waals surface area contributed by atoms with E-state index in [2.05, 4.69) is 0 Å². The molecule has 0 spiro atoms. The number of ether oxygens (including phenoxy) is 2. The molecule has 0 bridgehead atoms. The Kier molecular flexibility index (Phi) is 4.91. The minimum absolute atomic E-state index is 0.132. The predicted molar refractivity (Wildman–Crippen MR) is 98.4 cm³/mol. The van der Waals surface area contributed by atoms with Crippen LogP contribution in [-0.2, 0) is 16.8 Å². The van der Waals surface area contributed by atoms with E-state index < -0.39 is 5.41 Å². The van der Waals surface area contributed by atoms with E-state index in [0.29, 0.717) is 11.6 Å². The first kappa shape index (κ1) is 17.6. The molecule has 0 aromatic heterocycles. The highest BCUT2D eigenvalue weighted by molar-refractivity contribution is 6.30. The Morgan fingerprint density at radius 1 is 1.12 bits per heavy atom. The van der Waals surface area contributed by atoms with Crippen molar-refractivity contribution in [3.05, 3.63) is 58.6 Å². The summed E-state index contributed by atoms with van der Waals surface area (Å²) in [5.41, 5.74) is 1.58. The van der Waals surface area contributed by atoms with Gasteiger partial charge in [-0.2, -0.15) is 0 Å². The van der Waals surface area contributed by atoms with E-state index in [4.69, 9.17) is 21.1 Å². The van der Waals surface area contributed by atoms with Crippen LogP contribution in [0.25, 0.3) is 0 Å². The number of hydrogen-bond acceptors (Lipinski definition) is 3. The third-order valence-corrected chi connectivity index (χ3v) is 5.06. The van der Waals surface area contributed by atoms with Crippen LogP contribution in [0.4, 0.5) is 0 Å². The van der Waals surface area contributed by atoms with Gasteiger partial charge in [-0.05, 0) is 42.7 Å². The number of amides is 1. The Morgan fingerprint density at radius 2 is 1.80 bits per heavy atom. The monoisotopic (exact) mass is 359 g/mol. The summed E-state index contributed by atoms with van der Waals surface area (Å²) in [5, 5.41) is 0.684. The Bertz CT molecular complexity index is 769. The third kappa shape index (κ3) is 3.45. The van der Waals surface area contributed by atoms with Crippen LogP contribution in [0.5, 0.6) is 11.5 Å². The van der Waals surface area contributed by atoms with Crippen LogP contribution in [0.1, 0.15) is 24.0 Å². The molecule has 1 amide bonds. The summed E-state index contributed by atoms with van der Waals surface area (Å²) in [5.74, 6) is 1.58. The lowest BCUT2D eigenvalue weighted by Gasteiger charge is -2.25. The standard InChI is InChI=1S/C20H22ClNO3/c1-22(13-14-4-9-17(24-2)12-18(14)25-3)19(23)20(10-11-20)15-5-7-16(21)8-6-15/h4-9,12H,10-11,13H2,1-3H3. The second-order valence-corrected chi connectivity index (χ2v) is 6.86. The molecule has 0 N–H and O–H groups in total. The lowest BCUT2D eigenvalue weighted by atomic mass is 9.94. The molecule has 1 aliphatic rings. The van der Waals surface area contributed by atoms with Crippen LogP contribution >= 0.6 is 11.6 Å². The average molecular weight is 360 g/mol. The van der Waals surface area contributed by atoms with Gasteiger partial charge in [0.25, 0.3) is 0 Å². The van der Waals surface area contributed by atoms with Crippen LogP contribution in [0.15, 0.2) is 42.5 Å². The Hall–Kier alpha value is -2.20. The van der Waals surface area contributed by atoms with Crippen LogP contribution in [0.2, 0.25) is 5.02 Å². The van der Waals surface area contributed by atoms with Crippen molar-refractivity contribution in [3.8, 4) is 11.5 Å². The third-order valence-electron chi connectivity index (χ3n) is 4.80. The highest BCUT2D eigenvalue weighted by Crippen LogP contribution is 2.49. The number of carbonyl (C=O) groups is 1. The van der Waals surface area contributed by atoms with E-state index in [1.54, 1.807) is 19.1 Å². The van der Waals surface area contributed by atoms with Gasteiger partial charge < -0.3 is 14.4 Å². The minimum Gasteiger partial charge on any atom is -0.497 e. The molecular weight excluding hydrogens is 338 g/mol. The van der Waals surface area contributed by atoms with Crippen molar-refractivity contribution in [1.29, 1.82) is 0 Å². The summed E-state index contributed by atoms with van der Waals surface area (Å²) in [6.45, 7) is 0.487. The molecule has 0 radical (unpaired) electrons. The maximum absolute atomic E-state index is 13.1. The fourth-order valence-electron chi connectivity index (χ4n) is 3.20. The maximum Gasteiger partial charge on any atom is 0.233 e. The highest BCUT2D eigenvalue weighted by atomic mass is 35.5. The summed E-state index contributed by atoms with van der Waals surface area (Å²) in [6, 6.07) is 13.2.